The standard InChI is InChI=1S/C16H20N4O2/c1-2-21-15-10-14(18-11-12-5-7-17-8-6-12)19-16(20-15)13-4-3-9-22-13/h5-8,10,13H,2-4,9,11H2,1H3,(H,18,19,20). The summed E-state index contributed by atoms with van der Waals surface area (Å²) in [7, 11) is 0. The van der Waals surface area contributed by atoms with E-state index >= 15 is 0 Å². The molecule has 1 saturated heterocycles. The third-order valence-corrected chi connectivity index (χ3v) is 3.45. The second kappa shape index (κ2) is 7.17. The van der Waals surface area contributed by atoms with Gasteiger partial charge in [-0.25, -0.2) is 4.98 Å². The van der Waals surface area contributed by atoms with Crippen molar-refractivity contribution in [2.24, 2.45) is 0 Å². The average molecular weight is 300 g/mol. The molecule has 3 rings (SSSR count). The number of rotatable bonds is 6. The summed E-state index contributed by atoms with van der Waals surface area (Å²) in [5, 5.41) is 3.31. The lowest BCUT2D eigenvalue weighted by Crippen LogP contribution is -2.09. The molecule has 2 aromatic heterocycles. The molecule has 1 aliphatic heterocycles. The van der Waals surface area contributed by atoms with Gasteiger partial charge in [-0.05, 0) is 37.5 Å². The number of nitrogens with one attached hydrogen (secondary N) is 1. The van der Waals surface area contributed by atoms with Crippen LogP contribution in [0.4, 0.5) is 5.82 Å². The van der Waals surface area contributed by atoms with Crippen LogP contribution in [0.2, 0.25) is 0 Å². The van der Waals surface area contributed by atoms with Crippen LogP contribution in [-0.4, -0.2) is 28.2 Å². The summed E-state index contributed by atoms with van der Waals surface area (Å²) in [5.41, 5.74) is 1.14. The van der Waals surface area contributed by atoms with Crippen molar-refractivity contribution >= 4 is 5.82 Å². The molecule has 0 spiro atoms. The number of hydrogen-bond acceptors (Lipinski definition) is 6. The Bertz CT molecular complexity index is 600. The van der Waals surface area contributed by atoms with Crippen molar-refractivity contribution in [1.29, 1.82) is 0 Å². The van der Waals surface area contributed by atoms with E-state index in [1.165, 1.54) is 0 Å². The molecule has 6 nitrogen and oxygen atoms in total. The summed E-state index contributed by atoms with van der Waals surface area (Å²) in [6, 6.07) is 5.76. The minimum atomic E-state index is -0.0260. The normalized spacial score (nSPS) is 17.4. The van der Waals surface area contributed by atoms with Gasteiger partial charge in [-0.15, -0.1) is 0 Å². The van der Waals surface area contributed by atoms with Crippen LogP contribution in [0.15, 0.2) is 30.6 Å². The van der Waals surface area contributed by atoms with Gasteiger partial charge < -0.3 is 14.8 Å². The largest absolute Gasteiger partial charge is 0.478 e. The molecule has 1 atom stereocenters. The second-order valence-corrected chi connectivity index (χ2v) is 5.09. The van der Waals surface area contributed by atoms with E-state index < -0.39 is 0 Å². The number of anilines is 1. The Kier molecular flexibility index (Phi) is 4.80. The molecule has 0 saturated carbocycles. The van der Waals surface area contributed by atoms with E-state index in [1.807, 2.05) is 25.1 Å². The van der Waals surface area contributed by atoms with Crippen LogP contribution in [0, 0.1) is 0 Å². The Morgan fingerprint density at radius 3 is 2.91 bits per heavy atom. The summed E-state index contributed by atoms with van der Waals surface area (Å²) in [6.45, 7) is 3.96. The second-order valence-electron chi connectivity index (χ2n) is 5.09. The first kappa shape index (κ1) is 14.7. The lowest BCUT2D eigenvalue weighted by molar-refractivity contribution is 0.104. The van der Waals surface area contributed by atoms with Gasteiger partial charge in [0.2, 0.25) is 5.88 Å². The number of nitrogens with zero attached hydrogens (tertiary/aromatic N) is 3. The molecular formula is C16H20N4O2. The van der Waals surface area contributed by atoms with Gasteiger partial charge in [0.15, 0.2) is 5.82 Å². The minimum absolute atomic E-state index is 0.0260. The van der Waals surface area contributed by atoms with Crippen LogP contribution < -0.4 is 10.1 Å². The van der Waals surface area contributed by atoms with Gasteiger partial charge >= 0.3 is 0 Å². The highest BCUT2D eigenvalue weighted by Gasteiger charge is 2.22. The lowest BCUT2D eigenvalue weighted by Gasteiger charge is -2.13. The molecule has 22 heavy (non-hydrogen) atoms. The highest BCUT2D eigenvalue weighted by molar-refractivity contribution is 5.39. The van der Waals surface area contributed by atoms with Gasteiger partial charge in [0, 0.05) is 31.6 Å². The molecule has 1 N–H and O–H groups in total. The summed E-state index contributed by atoms with van der Waals surface area (Å²) in [5.74, 6) is 2.03. The molecule has 0 bridgehead atoms. The smallest absolute Gasteiger partial charge is 0.218 e. The first-order valence-electron chi connectivity index (χ1n) is 7.61. The quantitative estimate of drug-likeness (QED) is 0.884. The van der Waals surface area contributed by atoms with Crippen LogP contribution in [-0.2, 0) is 11.3 Å². The minimum Gasteiger partial charge on any atom is -0.478 e. The zero-order valence-electron chi connectivity index (χ0n) is 12.7. The first-order chi connectivity index (χ1) is 10.8. The molecule has 1 fully saturated rings. The van der Waals surface area contributed by atoms with E-state index in [9.17, 15) is 0 Å². The Morgan fingerprint density at radius 1 is 1.32 bits per heavy atom. The summed E-state index contributed by atoms with van der Waals surface area (Å²) < 4.78 is 11.2. The van der Waals surface area contributed by atoms with Crippen molar-refractivity contribution in [2.75, 3.05) is 18.5 Å². The maximum atomic E-state index is 5.67. The molecule has 1 unspecified atom stereocenters. The highest BCUT2D eigenvalue weighted by Crippen LogP contribution is 2.28. The van der Waals surface area contributed by atoms with Gasteiger partial charge in [0.05, 0.1) is 6.61 Å². The zero-order valence-corrected chi connectivity index (χ0v) is 12.7. The molecule has 6 heteroatoms. The molecule has 0 aliphatic carbocycles. The van der Waals surface area contributed by atoms with E-state index in [1.54, 1.807) is 12.4 Å². The van der Waals surface area contributed by atoms with Crippen molar-refractivity contribution in [3.63, 3.8) is 0 Å². The molecule has 1 aliphatic rings. The van der Waals surface area contributed by atoms with Crippen LogP contribution in [0.3, 0.4) is 0 Å². The van der Waals surface area contributed by atoms with Gasteiger partial charge in [-0.3, -0.25) is 4.98 Å². The third-order valence-electron chi connectivity index (χ3n) is 3.45. The molecule has 0 radical (unpaired) electrons. The van der Waals surface area contributed by atoms with Crippen molar-refractivity contribution in [2.45, 2.75) is 32.4 Å². The van der Waals surface area contributed by atoms with E-state index in [4.69, 9.17) is 9.47 Å². The topological polar surface area (TPSA) is 69.2 Å². The Hall–Kier alpha value is -2.21. The fourth-order valence-electron chi connectivity index (χ4n) is 2.37. The maximum absolute atomic E-state index is 5.67. The number of hydrogen-bond donors (Lipinski definition) is 1. The molecule has 116 valence electrons. The van der Waals surface area contributed by atoms with Gasteiger partial charge in [-0.2, -0.15) is 4.98 Å². The Balaban J connectivity index is 1.76. The molecule has 3 heterocycles. The van der Waals surface area contributed by atoms with Crippen molar-refractivity contribution < 1.29 is 9.47 Å². The van der Waals surface area contributed by atoms with Crippen molar-refractivity contribution in [3.8, 4) is 5.88 Å². The Morgan fingerprint density at radius 2 is 2.18 bits per heavy atom. The van der Waals surface area contributed by atoms with Crippen LogP contribution >= 0.6 is 0 Å². The van der Waals surface area contributed by atoms with E-state index in [0.29, 0.717) is 24.9 Å². The van der Waals surface area contributed by atoms with Crippen LogP contribution in [0.1, 0.15) is 37.3 Å². The fraction of sp³-hybridized carbons (Fsp3) is 0.438. The van der Waals surface area contributed by atoms with Gasteiger partial charge in [-0.1, -0.05) is 0 Å². The van der Waals surface area contributed by atoms with Crippen LogP contribution in [0.25, 0.3) is 0 Å². The predicted molar refractivity (Wildman–Crippen MR) is 82.7 cm³/mol. The average Bonchev–Trinajstić information content (AvgIpc) is 3.09. The summed E-state index contributed by atoms with van der Waals surface area (Å²) in [6.07, 6.45) is 5.54. The summed E-state index contributed by atoms with van der Waals surface area (Å²) in [4.78, 5) is 13.0. The fourth-order valence-corrected chi connectivity index (χ4v) is 2.37. The Labute approximate surface area is 129 Å². The lowest BCUT2D eigenvalue weighted by atomic mass is 10.2. The SMILES string of the molecule is CCOc1cc(NCc2ccncc2)nc(C2CCCO2)n1. The van der Waals surface area contributed by atoms with E-state index in [2.05, 4.69) is 20.3 Å². The number of pyridine rings is 1. The molecule has 0 aromatic carbocycles. The first-order valence-corrected chi connectivity index (χ1v) is 7.61. The van der Waals surface area contributed by atoms with Crippen molar-refractivity contribution in [1.82, 2.24) is 15.0 Å². The number of aromatic nitrogens is 3. The third kappa shape index (κ3) is 3.71. The molecular weight excluding hydrogens is 280 g/mol. The van der Waals surface area contributed by atoms with Crippen LogP contribution in [0.5, 0.6) is 5.88 Å². The van der Waals surface area contributed by atoms with Gasteiger partial charge in [0.1, 0.15) is 11.9 Å². The maximum Gasteiger partial charge on any atom is 0.218 e. The van der Waals surface area contributed by atoms with Crippen molar-refractivity contribution in [3.05, 3.63) is 42.0 Å². The molecule has 0 amide bonds. The zero-order chi connectivity index (χ0) is 15.2. The highest BCUT2D eigenvalue weighted by atomic mass is 16.5. The summed E-state index contributed by atoms with van der Waals surface area (Å²) >= 11 is 0. The monoisotopic (exact) mass is 300 g/mol. The molecule has 2 aromatic rings. The van der Waals surface area contributed by atoms with Gasteiger partial charge in [0.25, 0.3) is 0 Å². The van der Waals surface area contributed by atoms with E-state index in [-0.39, 0.29) is 6.10 Å². The number of ether oxygens (including phenoxy) is 2. The van der Waals surface area contributed by atoms with E-state index in [0.717, 1.165) is 30.8 Å². The predicted octanol–water partition coefficient (Wildman–Crippen LogP) is 2.73.